The molecule has 4 rings (SSSR count). The Morgan fingerprint density at radius 3 is 2.71 bits per heavy atom. The quantitative estimate of drug-likeness (QED) is 0.470. The van der Waals surface area contributed by atoms with Gasteiger partial charge in [0, 0.05) is 31.5 Å². The first-order valence-corrected chi connectivity index (χ1v) is 9.32. The van der Waals surface area contributed by atoms with Crippen molar-refractivity contribution in [3.63, 3.8) is 0 Å². The number of esters is 1. The van der Waals surface area contributed by atoms with Gasteiger partial charge < -0.3 is 9.64 Å². The van der Waals surface area contributed by atoms with Crippen molar-refractivity contribution in [2.24, 2.45) is 17.8 Å². The van der Waals surface area contributed by atoms with Crippen molar-refractivity contribution in [3.05, 3.63) is 11.3 Å². The van der Waals surface area contributed by atoms with Gasteiger partial charge in [-0.15, -0.1) is 0 Å². The standard InChI is InChI=1S/C16H19F2N3O2S/c1-23-12(22)5-9-10-6-21(7-11(9)10)14-8-3-4-16(17,18)13(8)19-15(20-14)24-2/h9-11H,3-7H2,1-2H3/t9?,10-,11+. The van der Waals surface area contributed by atoms with Crippen LogP contribution >= 0.6 is 11.8 Å². The maximum absolute atomic E-state index is 14.1. The Kier molecular flexibility index (Phi) is 3.71. The zero-order chi connectivity index (χ0) is 17.1. The van der Waals surface area contributed by atoms with E-state index < -0.39 is 5.92 Å². The number of hydrogen-bond acceptors (Lipinski definition) is 6. The second-order valence-electron chi connectivity index (χ2n) is 6.74. The lowest BCUT2D eigenvalue weighted by Gasteiger charge is -2.24. The van der Waals surface area contributed by atoms with E-state index in [4.69, 9.17) is 4.74 Å². The summed E-state index contributed by atoms with van der Waals surface area (Å²) in [5.74, 6) is -1.11. The second kappa shape index (κ2) is 5.54. The number of carbonyl (C=O) groups excluding carboxylic acids is 1. The van der Waals surface area contributed by atoms with Crippen LogP contribution in [0.3, 0.4) is 0 Å². The second-order valence-corrected chi connectivity index (χ2v) is 7.52. The van der Waals surface area contributed by atoms with Crippen molar-refractivity contribution in [1.82, 2.24) is 9.97 Å². The first kappa shape index (κ1) is 16.1. The Labute approximate surface area is 143 Å². The summed E-state index contributed by atoms with van der Waals surface area (Å²) in [6.07, 6.45) is 2.39. The third-order valence-electron chi connectivity index (χ3n) is 5.48. The highest BCUT2D eigenvalue weighted by Crippen LogP contribution is 2.55. The van der Waals surface area contributed by atoms with Gasteiger partial charge in [-0.25, -0.2) is 9.97 Å². The van der Waals surface area contributed by atoms with Crippen molar-refractivity contribution < 1.29 is 18.3 Å². The lowest BCUT2D eigenvalue weighted by Crippen LogP contribution is -2.27. The molecule has 0 radical (unpaired) electrons. The highest BCUT2D eigenvalue weighted by Gasteiger charge is 2.57. The van der Waals surface area contributed by atoms with E-state index in [0.717, 1.165) is 13.1 Å². The molecule has 5 nitrogen and oxygen atoms in total. The number of ether oxygens (including phenoxy) is 1. The maximum atomic E-state index is 14.1. The molecule has 0 aromatic carbocycles. The molecular formula is C16H19F2N3O2S. The Morgan fingerprint density at radius 1 is 1.38 bits per heavy atom. The number of carbonyl (C=O) groups is 1. The van der Waals surface area contributed by atoms with Gasteiger partial charge in [-0.3, -0.25) is 4.79 Å². The molecule has 1 aliphatic heterocycles. The van der Waals surface area contributed by atoms with Crippen LogP contribution < -0.4 is 4.90 Å². The number of piperidine rings is 1. The lowest BCUT2D eigenvalue weighted by molar-refractivity contribution is -0.141. The molecule has 130 valence electrons. The molecule has 0 amide bonds. The van der Waals surface area contributed by atoms with E-state index >= 15 is 0 Å². The van der Waals surface area contributed by atoms with Crippen molar-refractivity contribution in [2.75, 3.05) is 31.4 Å². The molecule has 2 fully saturated rings. The lowest BCUT2D eigenvalue weighted by atomic mass is 10.1. The minimum absolute atomic E-state index is 0.0939. The fourth-order valence-corrected chi connectivity index (χ4v) is 4.50. The third kappa shape index (κ3) is 2.46. The van der Waals surface area contributed by atoms with Gasteiger partial charge in [-0.05, 0) is 30.4 Å². The molecule has 24 heavy (non-hydrogen) atoms. The van der Waals surface area contributed by atoms with Crippen LogP contribution in [0, 0.1) is 17.8 Å². The van der Waals surface area contributed by atoms with Gasteiger partial charge in [0.05, 0.1) is 7.11 Å². The van der Waals surface area contributed by atoms with E-state index in [1.54, 1.807) is 6.26 Å². The minimum atomic E-state index is -2.85. The zero-order valence-corrected chi connectivity index (χ0v) is 14.4. The molecule has 0 N–H and O–H groups in total. The fraction of sp³-hybridized carbons (Fsp3) is 0.688. The molecule has 3 atom stereocenters. The van der Waals surface area contributed by atoms with E-state index in [-0.39, 0.29) is 18.1 Å². The summed E-state index contributed by atoms with van der Waals surface area (Å²) < 4.78 is 32.9. The summed E-state index contributed by atoms with van der Waals surface area (Å²) in [5, 5.41) is 0.400. The van der Waals surface area contributed by atoms with E-state index in [9.17, 15) is 13.6 Å². The Bertz CT molecular complexity index is 688. The summed E-state index contributed by atoms with van der Waals surface area (Å²) in [4.78, 5) is 22.1. The molecule has 0 spiro atoms. The largest absolute Gasteiger partial charge is 0.469 e. The Balaban J connectivity index is 1.55. The van der Waals surface area contributed by atoms with Crippen LogP contribution in [-0.2, 0) is 21.9 Å². The van der Waals surface area contributed by atoms with E-state index in [0.29, 0.717) is 47.1 Å². The number of anilines is 1. The number of halogens is 2. The van der Waals surface area contributed by atoms with Crippen LogP contribution in [0.5, 0.6) is 0 Å². The van der Waals surface area contributed by atoms with Gasteiger partial charge in [-0.1, -0.05) is 11.8 Å². The van der Waals surface area contributed by atoms with Gasteiger partial charge >= 0.3 is 5.97 Å². The van der Waals surface area contributed by atoms with Crippen molar-refractivity contribution in [1.29, 1.82) is 0 Å². The Hall–Kier alpha value is -1.44. The van der Waals surface area contributed by atoms with Gasteiger partial charge in [0.25, 0.3) is 5.92 Å². The van der Waals surface area contributed by atoms with Gasteiger partial charge in [0.2, 0.25) is 0 Å². The molecule has 1 saturated carbocycles. The van der Waals surface area contributed by atoms with E-state index in [1.807, 2.05) is 0 Å². The SMILES string of the molecule is COC(=O)CC1[C@H]2CN(c3nc(SC)nc4c3CCC4(F)F)C[C@@H]12. The van der Waals surface area contributed by atoms with Crippen LogP contribution in [0.4, 0.5) is 14.6 Å². The summed E-state index contributed by atoms with van der Waals surface area (Å²) in [5.41, 5.74) is 0.507. The number of rotatable bonds is 4. The molecule has 0 bridgehead atoms. The van der Waals surface area contributed by atoms with Crippen LogP contribution in [0.25, 0.3) is 0 Å². The van der Waals surface area contributed by atoms with Gasteiger partial charge in [0.15, 0.2) is 5.16 Å². The molecule has 1 aromatic rings. The van der Waals surface area contributed by atoms with Gasteiger partial charge in [0.1, 0.15) is 11.5 Å². The number of methoxy groups -OCH3 is 1. The monoisotopic (exact) mass is 355 g/mol. The first-order valence-electron chi connectivity index (χ1n) is 8.09. The molecule has 1 aromatic heterocycles. The smallest absolute Gasteiger partial charge is 0.305 e. The van der Waals surface area contributed by atoms with Crippen molar-refractivity contribution in [3.8, 4) is 0 Å². The number of hydrogen-bond donors (Lipinski definition) is 0. The van der Waals surface area contributed by atoms with Gasteiger partial charge in [-0.2, -0.15) is 8.78 Å². The predicted molar refractivity (Wildman–Crippen MR) is 85.3 cm³/mol. The summed E-state index contributed by atoms with van der Waals surface area (Å²) in [6, 6.07) is 0. The number of aromatic nitrogens is 2. The van der Waals surface area contributed by atoms with Crippen LogP contribution in [-0.4, -0.2) is 42.4 Å². The molecule has 2 aliphatic carbocycles. The minimum Gasteiger partial charge on any atom is -0.469 e. The number of fused-ring (bicyclic) bond motifs is 2. The average molecular weight is 355 g/mol. The molecular weight excluding hydrogens is 336 g/mol. The molecule has 1 saturated heterocycles. The average Bonchev–Trinajstić information content (AvgIpc) is 2.91. The molecule has 8 heteroatoms. The van der Waals surface area contributed by atoms with Crippen LogP contribution in [0.2, 0.25) is 0 Å². The normalized spacial score (nSPS) is 29.3. The van der Waals surface area contributed by atoms with Crippen LogP contribution in [0.1, 0.15) is 24.1 Å². The number of thioether (sulfide) groups is 1. The molecule has 3 aliphatic rings. The van der Waals surface area contributed by atoms with Crippen molar-refractivity contribution in [2.45, 2.75) is 30.3 Å². The third-order valence-corrected chi connectivity index (χ3v) is 6.03. The number of nitrogens with zero attached hydrogens (tertiary/aromatic N) is 3. The highest BCUT2D eigenvalue weighted by molar-refractivity contribution is 7.98. The van der Waals surface area contributed by atoms with Crippen molar-refractivity contribution >= 4 is 23.5 Å². The molecule has 2 heterocycles. The maximum Gasteiger partial charge on any atom is 0.305 e. The van der Waals surface area contributed by atoms with E-state index in [2.05, 4.69) is 14.9 Å². The molecule has 1 unspecified atom stereocenters. The first-order chi connectivity index (χ1) is 11.4. The zero-order valence-electron chi connectivity index (χ0n) is 13.6. The van der Waals surface area contributed by atoms with E-state index in [1.165, 1.54) is 18.9 Å². The highest BCUT2D eigenvalue weighted by atomic mass is 32.2. The van der Waals surface area contributed by atoms with Crippen LogP contribution in [0.15, 0.2) is 5.16 Å². The summed E-state index contributed by atoms with van der Waals surface area (Å²) >= 11 is 1.29. The topological polar surface area (TPSA) is 55.3 Å². The predicted octanol–water partition coefficient (Wildman–Crippen LogP) is 2.48. The summed E-state index contributed by atoms with van der Waals surface area (Å²) in [7, 11) is 1.40. The fourth-order valence-electron chi connectivity index (χ4n) is 4.14. The Morgan fingerprint density at radius 2 is 2.08 bits per heavy atom. The number of alkyl halides is 2. The summed E-state index contributed by atoms with van der Waals surface area (Å²) in [6.45, 7) is 1.55.